The van der Waals surface area contributed by atoms with Crippen molar-refractivity contribution in [1.82, 2.24) is 10.2 Å². The molecular formula is C12H19F3N2O3S. The Kier molecular flexibility index (Phi) is 4.82. The number of hydrogen-bond donors (Lipinski definition) is 1. The van der Waals surface area contributed by atoms with E-state index in [2.05, 4.69) is 5.32 Å². The molecule has 2 unspecified atom stereocenters. The van der Waals surface area contributed by atoms with Gasteiger partial charge in [-0.15, -0.1) is 0 Å². The third-order valence-corrected chi connectivity index (χ3v) is 5.61. The molecule has 2 atom stereocenters. The Morgan fingerprint density at radius 3 is 2.33 bits per heavy atom. The minimum atomic E-state index is -4.58. The van der Waals surface area contributed by atoms with Crippen molar-refractivity contribution in [3.8, 4) is 0 Å². The van der Waals surface area contributed by atoms with Gasteiger partial charge in [0.05, 0.1) is 17.5 Å². The number of hydrogen-bond acceptors (Lipinski definition) is 4. The molecule has 9 heteroatoms. The number of sulfone groups is 1. The number of carbonyl (C=O) groups is 1. The fourth-order valence-electron chi connectivity index (χ4n) is 3.02. The highest BCUT2D eigenvalue weighted by Crippen LogP contribution is 2.24. The van der Waals surface area contributed by atoms with Gasteiger partial charge >= 0.3 is 6.18 Å². The predicted molar refractivity (Wildman–Crippen MR) is 70.5 cm³/mol. The van der Waals surface area contributed by atoms with Crippen LogP contribution in [0.4, 0.5) is 13.2 Å². The highest BCUT2D eigenvalue weighted by Gasteiger charge is 2.43. The van der Waals surface area contributed by atoms with Gasteiger partial charge in [-0.05, 0) is 25.9 Å². The molecule has 2 aliphatic rings. The van der Waals surface area contributed by atoms with Crippen LogP contribution in [-0.4, -0.2) is 62.1 Å². The number of nitrogens with one attached hydrogen (secondary N) is 1. The maximum Gasteiger partial charge on any atom is 0.397 e. The number of halogens is 3. The number of rotatable bonds is 3. The molecule has 2 aliphatic heterocycles. The molecule has 5 nitrogen and oxygen atoms in total. The van der Waals surface area contributed by atoms with Gasteiger partial charge in [-0.25, -0.2) is 8.42 Å². The second-order valence-electron chi connectivity index (χ2n) is 5.71. The maximum absolute atomic E-state index is 12.2. The van der Waals surface area contributed by atoms with Gasteiger partial charge in [-0.1, -0.05) is 6.42 Å². The first-order valence-corrected chi connectivity index (χ1v) is 8.79. The molecule has 1 N–H and O–H groups in total. The molecule has 2 saturated heterocycles. The Bertz CT molecular complexity index is 486. The Hall–Kier alpha value is -0.830. The van der Waals surface area contributed by atoms with Crippen molar-refractivity contribution in [2.24, 2.45) is 0 Å². The molecule has 122 valence electrons. The molecule has 2 heterocycles. The number of nitrogens with zero attached hydrogens (tertiary/aromatic N) is 1. The molecular weight excluding hydrogens is 309 g/mol. The van der Waals surface area contributed by atoms with Crippen LogP contribution in [0.5, 0.6) is 0 Å². The normalized spacial score (nSPS) is 30.2. The van der Waals surface area contributed by atoms with Gasteiger partial charge in [-0.3, -0.25) is 9.69 Å². The van der Waals surface area contributed by atoms with E-state index in [-0.39, 0.29) is 11.5 Å². The fraction of sp³-hybridized carbons (Fsp3) is 0.917. The van der Waals surface area contributed by atoms with Crippen molar-refractivity contribution in [2.45, 2.75) is 43.9 Å². The zero-order chi connectivity index (χ0) is 15.7. The lowest BCUT2D eigenvalue weighted by atomic mass is 10.0. The Morgan fingerprint density at radius 2 is 1.76 bits per heavy atom. The summed E-state index contributed by atoms with van der Waals surface area (Å²) >= 11 is 0. The minimum absolute atomic E-state index is 0.0933. The average molecular weight is 328 g/mol. The van der Waals surface area contributed by atoms with E-state index in [0.29, 0.717) is 0 Å². The summed E-state index contributed by atoms with van der Waals surface area (Å²) in [4.78, 5) is 13.4. The molecule has 0 aromatic rings. The summed E-state index contributed by atoms with van der Waals surface area (Å²) in [6, 6.07) is -1.16. The zero-order valence-corrected chi connectivity index (χ0v) is 12.3. The van der Waals surface area contributed by atoms with Gasteiger partial charge in [0.2, 0.25) is 5.91 Å². The van der Waals surface area contributed by atoms with E-state index in [1.807, 2.05) is 4.90 Å². The molecule has 21 heavy (non-hydrogen) atoms. The molecule has 1 amide bonds. The lowest BCUT2D eigenvalue weighted by Crippen LogP contribution is -2.52. The molecule has 0 radical (unpaired) electrons. The van der Waals surface area contributed by atoms with Crippen molar-refractivity contribution < 1.29 is 26.4 Å². The van der Waals surface area contributed by atoms with E-state index in [9.17, 15) is 26.4 Å². The van der Waals surface area contributed by atoms with Crippen molar-refractivity contribution in [1.29, 1.82) is 0 Å². The van der Waals surface area contributed by atoms with Gasteiger partial charge < -0.3 is 5.32 Å². The molecule has 0 aliphatic carbocycles. The Labute approximate surface area is 121 Å². The summed E-state index contributed by atoms with van der Waals surface area (Å²) in [5, 5.41) is 2.26. The van der Waals surface area contributed by atoms with E-state index in [1.54, 1.807) is 0 Å². The monoisotopic (exact) mass is 328 g/mol. The van der Waals surface area contributed by atoms with Gasteiger partial charge in [0, 0.05) is 6.04 Å². The third-order valence-electron chi connectivity index (χ3n) is 3.89. The quantitative estimate of drug-likeness (QED) is 0.828. The second kappa shape index (κ2) is 6.12. The zero-order valence-electron chi connectivity index (χ0n) is 11.5. The van der Waals surface area contributed by atoms with Gasteiger partial charge in [0.1, 0.15) is 6.42 Å². The van der Waals surface area contributed by atoms with Gasteiger partial charge in [0.25, 0.3) is 0 Å². The molecule has 0 saturated carbocycles. The summed E-state index contributed by atoms with van der Waals surface area (Å²) in [6.07, 6.45) is -3.20. The van der Waals surface area contributed by atoms with Crippen molar-refractivity contribution >= 4 is 15.7 Å². The van der Waals surface area contributed by atoms with Crippen LogP contribution in [0.15, 0.2) is 0 Å². The number of amides is 1. The summed E-state index contributed by atoms with van der Waals surface area (Å²) in [5.74, 6) is -1.53. The SMILES string of the molecule is O=C(CC(F)(F)F)NC1CS(=O)(=O)CC1N1CCCCC1. The second-order valence-corrected chi connectivity index (χ2v) is 7.86. The van der Waals surface area contributed by atoms with Crippen LogP contribution in [-0.2, 0) is 14.6 Å². The summed E-state index contributed by atoms with van der Waals surface area (Å²) < 4.78 is 60.1. The lowest BCUT2D eigenvalue weighted by molar-refractivity contribution is -0.154. The topological polar surface area (TPSA) is 66.5 Å². The highest BCUT2D eigenvalue weighted by atomic mass is 32.2. The number of likely N-dealkylation sites (tertiary alicyclic amines) is 1. The molecule has 0 spiro atoms. The number of carbonyl (C=O) groups excluding carboxylic acids is 1. The summed E-state index contributed by atoms with van der Waals surface area (Å²) in [7, 11) is -3.32. The van der Waals surface area contributed by atoms with E-state index in [1.165, 1.54) is 0 Å². The first kappa shape index (κ1) is 16.5. The average Bonchev–Trinajstić information content (AvgIpc) is 2.63. The molecule has 0 bridgehead atoms. The van der Waals surface area contributed by atoms with Crippen LogP contribution in [0, 0.1) is 0 Å². The van der Waals surface area contributed by atoms with Crippen LogP contribution in [0.25, 0.3) is 0 Å². The molecule has 2 fully saturated rings. The van der Waals surface area contributed by atoms with Crippen LogP contribution < -0.4 is 5.32 Å². The standard InChI is InChI=1S/C12H19F3N2O3S/c13-12(14,15)6-11(18)16-9-7-21(19,20)8-10(9)17-4-2-1-3-5-17/h9-10H,1-8H2,(H,16,18). The van der Waals surface area contributed by atoms with Gasteiger partial charge in [-0.2, -0.15) is 13.2 Å². The fourth-order valence-corrected chi connectivity index (χ4v) is 4.97. The summed E-state index contributed by atoms with van der Waals surface area (Å²) in [6.45, 7) is 1.46. The van der Waals surface area contributed by atoms with Gasteiger partial charge in [0.15, 0.2) is 9.84 Å². The van der Waals surface area contributed by atoms with Crippen LogP contribution in [0.2, 0.25) is 0 Å². The lowest BCUT2D eigenvalue weighted by Gasteiger charge is -2.35. The summed E-state index contributed by atoms with van der Waals surface area (Å²) in [5.41, 5.74) is 0. The number of alkyl halides is 3. The van der Waals surface area contributed by atoms with Crippen LogP contribution >= 0.6 is 0 Å². The van der Waals surface area contributed by atoms with Crippen molar-refractivity contribution in [3.05, 3.63) is 0 Å². The Morgan fingerprint density at radius 1 is 1.14 bits per heavy atom. The minimum Gasteiger partial charge on any atom is -0.350 e. The molecule has 2 rings (SSSR count). The first-order valence-electron chi connectivity index (χ1n) is 6.97. The van der Waals surface area contributed by atoms with Crippen molar-refractivity contribution in [3.63, 3.8) is 0 Å². The van der Waals surface area contributed by atoms with E-state index in [0.717, 1.165) is 32.4 Å². The van der Waals surface area contributed by atoms with Crippen LogP contribution in [0.1, 0.15) is 25.7 Å². The molecule has 0 aromatic heterocycles. The predicted octanol–water partition coefficient (Wildman–Crippen LogP) is 0.706. The van der Waals surface area contributed by atoms with E-state index >= 15 is 0 Å². The first-order chi connectivity index (χ1) is 9.66. The Balaban J connectivity index is 2.02. The van der Waals surface area contributed by atoms with E-state index in [4.69, 9.17) is 0 Å². The van der Waals surface area contributed by atoms with E-state index < -0.39 is 40.4 Å². The number of piperidine rings is 1. The largest absolute Gasteiger partial charge is 0.397 e. The molecule has 0 aromatic carbocycles. The van der Waals surface area contributed by atoms with Crippen molar-refractivity contribution in [2.75, 3.05) is 24.6 Å². The smallest absolute Gasteiger partial charge is 0.350 e. The highest BCUT2D eigenvalue weighted by molar-refractivity contribution is 7.91. The van der Waals surface area contributed by atoms with Crippen LogP contribution in [0.3, 0.4) is 0 Å². The maximum atomic E-state index is 12.2. The third kappa shape index (κ3) is 4.84.